The lowest BCUT2D eigenvalue weighted by Crippen LogP contribution is -2.49. The smallest absolute Gasteiger partial charge is 0.0678 e. The van der Waals surface area contributed by atoms with E-state index in [2.05, 4.69) is 38.2 Å². The third-order valence-corrected chi connectivity index (χ3v) is 4.87. The second-order valence-corrected chi connectivity index (χ2v) is 7.40. The summed E-state index contributed by atoms with van der Waals surface area (Å²) < 4.78 is 0. The maximum Gasteiger partial charge on any atom is 0.0678 e. The fourth-order valence-corrected chi connectivity index (χ4v) is 3.67. The Balaban J connectivity index is 2.77. The summed E-state index contributed by atoms with van der Waals surface area (Å²) >= 11 is 1.85. The SMILES string of the molecule is CC(C)NC(CO)(CCSC(C)CCO)c1ccccc1. The Kier molecular flexibility index (Phi) is 8.34. The third kappa shape index (κ3) is 5.99. The lowest BCUT2D eigenvalue weighted by molar-refractivity contribution is 0.147. The van der Waals surface area contributed by atoms with E-state index in [1.807, 2.05) is 30.0 Å². The van der Waals surface area contributed by atoms with Gasteiger partial charge >= 0.3 is 0 Å². The van der Waals surface area contributed by atoms with Gasteiger partial charge in [0.1, 0.15) is 0 Å². The fourth-order valence-electron chi connectivity index (χ4n) is 2.53. The van der Waals surface area contributed by atoms with Crippen molar-refractivity contribution >= 4 is 11.8 Å². The number of thioether (sulfide) groups is 1. The first-order chi connectivity index (χ1) is 10.0. The molecule has 0 aliphatic rings. The van der Waals surface area contributed by atoms with Crippen molar-refractivity contribution in [1.82, 2.24) is 5.32 Å². The first-order valence-corrected chi connectivity index (χ1v) is 8.75. The first-order valence-electron chi connectivity index (χ1n) is 7.70. The summed E-state index contributed by atoms with van der Waals surface area (Å²) in [5.74, 6) is 0.955. The molecule has 0 aliphatic heterocycles. The summed E-state index contributed by atoms with van der Waals surface area (Å²) in [5.41, 5.74) is 0.748. The average Bonchev–Trinajstić information content (AvgIpc) is 2.47. The zero-order valence-electron chi connectivity index (χ0n) is 13.4. The molecule has 1 aromatic rings. The molecule has 0 bridgehead atoms. The van der Waals surface area contributed by atoms with E-state index in [-0.39, 0.29) is 18.8 Å². The molecule has 2 atom stereocenters. The molecule has 3 N–H and O–H groups in total. The minimum Gasteiger partial charge on any atom is -0.396 e. The van der Waals surface area contributed by atoms with Crippen LogP contribution < -0.4 is 5.32 Å². The van der Waals surface area contributed by atoms with E-state index in [9.17, 15) is 5.11 Å². The van der Waals surface area contributed by atoms with E-state index in [1.54, 1.807) is 0 Å². The lowest BCUT2D eigenvalue weighted by atomic mass is 9.87. The van der Waals surface area contributed by atoms with Gasteiger partial charge in [-0.25, -0.2) is 0 Å². The highest BCUT2D eigenvalue weighted by atomic mass is 32.2. The van der Waals surface area contributed by atoms with Gasteiger partial charge in [-0.1, -0.05) is 37.3 Å². The maximum absolute atomic E-state index is 10.0. The maximum atomic E-state index is 10.0. The molecule has 0 spiro atoms. The van der Waals surface area contributed by atoms with Gasteiger partial charge in [-0.15, -0.1) is 0 Å². The summed E-state index contributed by atoms with van der Waals surface area (Å²) in [7, 11) is 0. The van der Waals surface area contributed by atoms with Gasteiger partial charge in [-0.3, -0.25) is 0 Å². The molecule has 0 amide bonds. The molecule has 0 radical (unpaired) electrons. The Labute approximate surface area is 133 Å². The normalized spacial score (nSPS) is 15.9. The van der Waals surface area contributed by atoms with Crippen molar-refractivity contribution in [1.29, 1.82) is 0 Å². The molecule has 120 valence electrons. The summed E-state index contributed by atoms with van der Waals surface area (Å²) in [4.78, 5) is 0. The van der Waals surface area contributed by atoms with Crippen LogP contribution in [0, 0.1) is 0 Å². The minimum atomic E-state index is -0.388. The molecule has 4 heteroatoms. The zero-order chi connectivity index (χ0) is 15.7. The van der Waals surface area contributed by atoms with Crippen LogP contribution in [-0.2, 0) is 5.54 Å². The topological polar surface area (TPSA) is 52.5 Å². The van der Waals surface area contributed by atoms with Gasteiger partial charge < -0.3 is 15.5 Å². The van der Waals surface area contributed by atoms with E-state index in [0.717, 1.165) is 24.2 Å². The van der Waals surface area contributed by atoms with Crippen molar-refractivity contribution in [3.63, 3.8) is 0 Å². The monoisotopic (exact) mass is 311 g/mol. The number of aliphatic hydroxyl groups is 2. The second-order valence-electron chi connectivity index (χ2n) is 5.85. The fraction of sp³-hybridized carbons (Fsp3) is 0.647. The Morgan fingerprint density at radius 1 is 1.14 bits per heavy atom. The highest BCUT2D eigenvalue weighted by Crippen LogP contribution is 2.28. The van der Waals surface area contributed by atoms with Crippen molar-refractivity contribution < 1.29 is 10.2 Å². The molecule has 1 rings (SSSR count). The standard InChI is InChI=1S/C17H29NO2S/c1-14(2)18-17(13-20,16-7-5-4-6-8-16)10-12-21-15(3)9-11-19/h4-8,14-15,18-20H,9-13H2,1-3H3. The van der Waals surface area contributed by atoms with E-state index >= 15 is 0 Å². The molecule has 0 aliphatic carbocycles. The van der Waals surface area contributed by atoms with Crippen LogP contribution in [0.5, 0.6) is 0 Å². The molecule has 2 unspecified atom stereocenters. The predicted octanol–water partition coefficient (Wildman–Crippen LogP) is 2.77. The molecule has 0 fully saturated rings. The molecule has 21 heavy (non-hydrogen) atoms. The number of benzene rings is 1. The quantitative estimate of drug-likeness (QED) is 0.622. The number of aliphatic hydroxyl groups excluding tert-OH is 2. The number of hydrogen-bond donors (Lipinski definition) is 3. The van der Waals surface area contributed by atoms with Gasteiger partial charge in [-0.05, 0) is 38.0 Å². The van der Waals surface area contributed by atoms with E-state index in [4.69, 9.17) is 5.11 Å². The van der Waals surface area contributed by atoms with Gasteiger partial charge in [0.2, 0.25) is 0 Å². The van der Waals surface area contributed by atoms with Crippen molar-refractivity contribution in [3.05, 3.63) is 35.9 Å². The van der Waals surface area contributed by atoms with Gasteiger partial charge in [0.05, 0.1) is 12.1 Å². The van der Waals surface area contributed by atoms with Crippen LogP contribution in [0.25, 0.3) is 0 Å². The summed E-state index contributed by atoms with van der Waals surface area (Å²) in [5, 5.41) is 23.0. The van der Waals surface area contributed by atoms with Crippen molar-refractivity contribution in [2.75, 3.05) is 19.0 Å². The first kappa shape index (κ1) is 18.5. The summed E-state index contributed by atoms with van der Waals surface area (Å²) in [6.07, 6.45) is 1.69. The Bertz CT molecular complexity index is 386. The summed E-state index contributed by atoms with van der Waals surface area (Å²) in [6.45, 7) is 6.68. The molecular formula is C17H29NO2S. The van der Waals surface area contributed by atoms with E-state index in [1.165, 1.54) is 0 Å². The molecule has 3 nitrogen and oxygen atoms in total. The number of nitrogens with one attached hydrogen (secondary N) is 1. The Morgan fingerprint density at radius 2 is 1.81 bits per heavy atom. The number of hydrogen-bond acceptors (Lipinski definition) is 4. The minimum absolute atomic E-state index is 0.0874. The molecule has 0 saturated heterocycles. The highest BCUT2D eigenvalue weighted by molar-refractivity contribution is 7.99. The van der Waals surface area contributed by atoms with Crippen molar-refractivity contribution in [2.24, 2.45) is 0 Å². The molecule has 0 saturated carbocycles. The van der Waals surface area contributed by atoms with Crippen LogP contribution in [-0.4, -0.2) is 40.5 Å². The Hall–Kier alpha value is -0.550. The molecule has 0 heterocycles. The zero-order valence-corrected chi connectivity index (χ0v) is 14.2. The van der Waals surface area contributed by atoms with Crippen LogP contribution in [0.1, 0.15) is 39.2 Å². The Morgan fingerprint density at radius 3 is 2.33 bits per heavy atom. The lowest BCUT2D eigenvalue weighted by Gasteiger charge is -2.36. The van der Waals surface area contributed by atoms with Gasteiger partial charge in [0.25, 0.3) is 0 Å². The van der Waals surface area contributed by atoms with E-state index < -0.39 is 0 Å². The largest absolute Gasteiger partial charge is 0.396 e. The van der Waals surface area contributed by atoms with Crippen LogP contribution in [0.3, 0.4) is 0 Å². The summed E-state index contributed by atoms with van der Waals surface area (Å²) in [6, 6.07) is 10.5. The average molecular weight is 311 g/mol. The molecule has 0 aromatic heterocycles. The van der Waals surface area contributed by atoms with Crippen LogP contribution in [0.2, 0.25) is 0 Å². The number of rotatable bonds is 10. The highest BCUT2D eigenvalue weighted by Gasteiger charge is 2.31. The predicted molar refractivity (Wildman–Crippen MR) is 91.7 cm³/mol. The van der Waals surface area contributed by atoms with E-state index in [0.29, 0.717) is 11.3 Å². The van der Waals surface area contributed by atoms with Crippen LogP contribution in [0.15, 0.2) is 30.3 Å². The van der Waals surface area contributed by atoms with Crippen LogP contribution in [0.4, 0.5) is 0 Å². The third-order valence-electron chi connectivity index (χ3n) is 3.63. The van der Waals surface area contributed by atoms with Crippen LogP contribution >= 0.6 is 11.8 Å². The van der Waals surface area contributed by atoms with Crippen molar-refractivity contribution in [3.8, 4) is 0 Å². The van der Waals surface area contributed by atoms with Gasteiger partial charge in [-0.2, -0.15) is 11.8 Å². The molecular weight excluding hydrogens is 282 g/mol. The second kappa shape index (κ2) is 9.46. The van der Waals surface area contributed by atoms with Gasteiger partial charge in [0, 0.05) is 17.9 Å². The molecule has 1 aromatic carbocycles. The van der Waals surface area contributed by atoms with Crippen molar-refractivity contribution in [2.45, 2.75) is 50.4 Å². The van der Waals surface area contributed by atoms with Gasteiger partial charge in [0.15, 0.2) is 0 Å².